The molecule has 1 amide bonds. The highest BCUT2D eigenvalue weighted by Gasteiger charge is 2.48. The van der Waals surface area contributed by atoms with Crippen molar-refractivity contribution in [2.24, 2.45) is 28.8 Å². The number of carbonyl (C=O) groups excluding carboxylic acids is 2. The van der Waals surface area contributed by atoms with Crippen LogP contribution in [0.15, 0.2) is 41.3 Å². The van der Waals surface area contributed by atoms with Crippen molar-refractivity contribution in [2.45, 2.75) is 11.3 Å². The van der Waals surface area contributed by atoms with E-state index in [1.165, 1.54) is 24.3 Å². The third kappa shape index (κ3) is 2.87. The van der Waals surface area contributed by atoms with Crippen molar-refractivity contribution in [3.05, 3.63) is 36.4 Å². The Morgan fingerprint density at radius 3 is 2.17 bits per heavy atom. The minimum absolute atomic E-state index is 0.0639. The molecule has 0 saturated heterocycles. The highest BCUT2D eigenvalue weighted by molar-refractivity contribution is 7.89. The van der Waals surface area contributed by atoms with Gasteiger partial charge in [0.15, 0.2) is 0 Å². The SMILES string of the molecule is NS(=O)(=O)c1ccc(NC(=O)[C@@H]2[C@@H](C(=O)[O-])[C@H]3C=C[C@H]2C3)cc1. The lowest BCUT2D eigenvalue weighted by Crippen LogP contribution is -2.42. The summed E-state index contributed by atoms with van der Waals surface area (Å²) in [6, 6.07) is 5.38. The molecule has 7 nitrogen and oxygen atoms in total. The standard InChI is InChI=1S/C15H16N2O5S/c16-23(21,22)11-5-3-10(4-6-11)17-14(18)12-8-1-2-9(7-8)13(12)15(19)20/h1-6,8-9,12-13H,7H2,(H,17,18)(H,19,20)(H2,16,21,22)/p-1/t8-,9-,12-,13-/m0/s1. The molecule has 4 atom stereocenters. The second-order valence-corrected chi connectivity index (χ2v) is 7.44. The van der Waals surface area contributed by atoms with Crippen LogP contribution in [0.25, 0.3) is 0 Å². The molecule has 2 aliphatic rings. The first-order valence-corrected chi connectivity index (χ1v) is 8.65. The van der Waals surface area contributed by atoms with Crippen LogP contribution < -0.4 is 15.6 Å². The number of primary sulfonamides is 1. The van der Waals surface area contributed by atoms with Gasteiger partial charge in [-0.2, -0.15) is 0 Å². The summed E-state index contributed by atoms with van der Waals surface area (Å²) in [5.74, 6) is -3.38. The van der Waals surface area contributed by atoms with Crippen LogP contribution in [0.4, 0.5) is 5.69 Å². The quantitative estimate of drug-likeness (QED) is 0.714. The fourth-order valence-electron chi connectivity index (χ4n) is 3.45. The van der Waals surface area contributed by atoms with E-state index < -0.39 is 33.7 Å². The van der Waals surface area contributed by atoms with Crippen molar-refractivity contribution >= 4 is 27.6 Å². The Morgan fingerprint density at radius 1 is 1.09 bits per heavy atom. The van der Waals surface area contributed by atoms with E-state index in [9.17, 15) is 23.1 Å². The van der Waals surface area contributed by atoms with Crippen LogP contribution in [0.1, 0.15) is 6.42 Å². The monoisotopic (exact) mass is 335 g/mol. The van der Waals surface area contributed by atoms with E-state index in [1.54, 1.807) is 0 Å². The van der Waals surface area contributed by atoms with Gasteiger partial charge in [0.05, 0.1) is 10.8 Å². The molecule has 0 aromatic heterocycles. The second-order valence-electron chi connectivity index (χ2n) is 5.88. The van der Waals surface area contributed by atoms with Gasteiger partial charge in [0.25, 0.3) is 0 Å². The van der Waals surface area contributed by atoms with Gasteiger partial charge in [-0.3, -0.25) is 4.79 Å². The van der Waals surface area contributed by atoms with Crippen molar-refractivity contribution < 1.29 is 23.1 Å². The highest BCUT2D eigenvalue weighted by atomic mass is 32.2. The molecule has 2 bridgehead atoms. The highest BCUT2D eigenvalue weighted by Crippen LogP contribution is 2.48. The summed E-state index contributed by atoms with van der Waals surface area (Å²) in [5.41, 5.74) is 0.381. The van der Waals surface area contributed by atoms with E-state index >= 15 is 0 Å². The summed E-state index contributed by atoms with van der Waals surface area (Å²) in [5, 5.41) is 18.9. The van der Waals surface area contributed by atoms with Crippen LogP contribution in [0.2, 0.25) is 0 Å². The Bertz CT molecular complexity index is 785. The van der Waals surface area contributed by atoms with Gasteiger partial charge in [0.1, 0.15) is 0 Å². The maximum absolute atomic E-state index is 12.4. The number of anilines is 1. The first-order chi connectivity index (χ1) is 10.8. The van der Waals surface area contributed by atoms with Crippen LogP contribution >= 0.6 is 0 Å². The summed E-state index contributed by atoms with van der Waals surface area (Å²) in [4.78, 5) is 23.7. The molecule has 2 aliphatic carbocycles. The minimum atomic E-state index is -3.80. The number of carboxylic acid groups (broad SMARTS) is 1. The molecule has 1 aromatic rings. The molecule has 0 aliphatic heterocycles. The molecule has 1 saturated carbocycles. The maximum atomic E-state index is 12.4. The zero-order chi connectivity index (χ0) is 16.8. The van der Waals surface area contributed by atoms with Crippen LogP contribution in [0.5, 0.6) is 0 Å². The second kappa shape index (κ2) is 5.47. The topological polar surface area (TPSA) is 129 Å². The fraction of sp³-hybridized carbons (Fsp3) is 0.333. The van der Waals surface area contributed by atoms with Crippen LogP contribution in [0, 0.1) is 23.7 Å². The van der Waals surface area contributed by atoms with Crippen LogP contribution in [0.3, 0.4) is 0 Å². The van der Waals surface area contributed by atoms with E-state index in [0.717, 1.165) is 0 Å². The summed E-state index contributed by atoms with van der Waals surface area (Å²) < 4.78 is 22.4. The summed E-state index contributed by atoms with van der Waals surface area (Å²) in [7, 11) is -3.80. The Balaban J connectivity index is 1.77. The number of sulfonamides is 1. The van der Waals surface area contributed by atoms with Gasteiger partial charge in [0, 0.05) is 17.6 Å². The molecular weight excluding hydrogens is 320 g/mol. The molecule has 1 aromatic carbocycles. The van der Waals surface area contributed by atoms with E-state index in [4.69, 9.17) is 5.14 Å². The van der Waals surface area contributed by atoms with Gasteiger partial charge in [-0.1, -0.05) is 12.2 Å². The molecule has 8 heteroatoms. The zero-order valence-electron chi connectivity index (χ0n) is 12.0. The first kappa shape index (κ1) is 15.7. The molecule has 0 radical (unpaired) electrons. The molecule has 3 rings (SSSR count). The van der Waals surface area contributed by atoms with Crippen molar-refractivity contribution in [1.82, 2.24) is 0 Å². The van der Waals surface area contributed by atoms with Crippen molar-refractivity contribution in [2.75, 3.05) is 5.32 Å². The predicted molar refractivity (Wildman–Crippen MR) is 79.2 cm³/mol. The first-order valence-electron chi connectivity index (χ1n) is 7.10. The molecular formula is C15H15N2O5S-. The number of nitrogens with one attached hydrogen (secondary N) is 1. The van der Waals surface area contributed by atoms with E-state index in [2.05, 4.69) is 5.32 Å². The number of benzene rings is 1. The van der Waals surface area contributed by atoms with Gasteiger partial charge in [-0.05, 0) is 42.5 Å². The Kier molecular flexibility index (Phi) is 3.73. The van der Waals surface area contributed by atoms with Crippen molar-refractivity contribution in [3.63, 3.8) is 0 Å². The number of rotatable bonds is 4. The van der Waals surface area contributed by atoms with Gasteiger partial charge in [-0.15, -0.1) is 0 Å². The molecule has 0 unspecified atom stereocenters. The Hall–Kier alpha value is -2.19. The summed E-state index contributed by atoms with van der Waals surface area (Å²) in [6.07, 6.45) is 4.34. The number of amides is 1. The number of hydrogen-bond acceptors (Lipinski definition) is 5. The Labute approximate surface area is 133 Å². The largest absolute Gasteiger partial charge is 0.550 e. The molecule has 0 heterocycles. The number of carboxylic acids is 1. The lowest BCUT2D eigenvalue weighted by molar-refractivity contribution is -0.313. The minimum Gasteiger partial charge on any atom is -0.550 e. The average molecular weight is 335 g/mol. The van der Waals surface area contributed by atoms with Gasteiger partial charge in [0.2, 0.25) is 15.9 Å². The number of aliphatic carboxylic acids is 1. The normalized spacial score (nSPS) is 28.7. The van der Waals surface area contributed by atoms with Gasteiger partial charge in [-0.25, -0.2) is 13.6 Å². The molecule has 23 heavy (non-hydrogen) atoms. The fourth-order valence-corrected chi connectivity index (χ4v) is 3.97. The number of allylic oxidation sites excluding steroid dienone is 2. The summed E-state index contributed by atoms with van der Waals surface area (Å²) >= 11 is 0. The smallest absolute Gasteiger partial charge is 0.238 e. The van der Waals surface area contributed by atoms with E-state index in [-0.39, 0.29) is 16.7 Å². The maximum Gasteiger partial charge on any atom is 0.238 e. The van der Waals surface area contributed by atoms with Gasteiger partial charge >= 0.3 is 0 Å². The average Bonchev–Trinajstić information content (AvgIpc) is 3.07. The summed E-state index contributed by atoms with van der Waals surface area (Å²) in [6.45, 7) is 0. The predicted octanol–water partition coefficient (Wildman–Crippen LogP) is -0.539. The molecule has 0 spiro atoms. The number of carbonyl (C=O) groups is 2. The molecule has 3 N–H and O–H groups in total. The Morgan fingerprint density at radius 2 is 1.65 bits per heavy atom. The number of hydrogen-bond donors (Lipinski definition) is 2. The molecule has 1 fully saturated rings. The van der Waals surface area contributed by atoms with Crippen LogP contribution in [-0.2, 0) is 19.6 Å². The van der Waals surface area contributed by atoms with Crippen molar-refractivity contribution in [3.8, 4) is 0 Å². The van der Waals surface area contributed by atoms with E-state index in [1.807, 2.05) is 12.2 Å². The number of fused-ring (bicyclic) bond motifs is 2. The third-order valence-corrected chi connectivity index (χ3v) is 5.41. The number of nitrogens with two attached hydrogens (primary N) is 1. The van der Waals surface area contributed by atoms with Crippen molar-refractivity contribution in [1.29, 1.82) is 0 Å². The lowest BCUT2D eigenvalue weighted by atomic mass is 9.82. The van der Waals surface area contributed by atoms with Crippen LogP contribution in [-0.4, -0.2) is 20.3 Å². The van der Waals surface area contributed by atoms with E-state index in [0.29, 0.717) is 12.1 Å². The third-order valence-electron chi connectivity index (χ3n) is 4.48. The van der Waals surface area contributed by atoms with Gasteiger partial charge < -0.3 is 15.2 Å². The lowest BCUT2D eigenvalue weighted by Gasteiger charge is -2.27. The zero-order valence-corrected chi connectivity index (χ0v) is 12.8. The molecule has 122 valence electrons.